The summed E-state index contributed by atoms with van der Waals surface area (Å²) in [4.78, 5) is 25.3. The number of likely N-dealkylation sites (tertiary alicyclic amines) is 1. The van der Waals surface area contributed by atoms with E-state index < -0.39 is 11.7 Å². The van der Waals surface area contributed by atoms with E-state index in [4.69, 9.17) is 11.5 Å². The lowest BCUT2D eigenvalue weighted by atomic mass is 9.92. The van der Waals surface area contributed by atoms with Gasteiger partial charge in [-0.3, -0.25) is 9.59 Å². The van der Waals surface area contributed by atoms with Crippen molar-refractivity contribution >= 4 is 17.5 Å². The molecule has 1 aliphatic rings. The largest absolute Gasteiger partial charge is 0.398 e. The Morgan fingerprint density at radius 2 is 2.05 bits per heavy atom. The van der Waals surface area contributed by atoms with E-state index in [2.05, 4.69) is 0 Å². The molecule has 2 amide bonds. The summed E-state index contributed by atoms with van der Waals surface area (Å²) < 4.78 is 13.3. The summed E-state index contributed by atoms with van der Waals surface area (Å²) in [6.45, 7) is 2.15. The van der Waals surface area contributed by atoms with Crippen LogP contribution in [-0.4, -0.2) is 29.3 Å². The number of nitrogens with two attached hydrogens (primary N) is 2. The molecule has 1 saturated heterocycles. The molecule has 0 aromatic heterocycles. The third kappa shape index (κ3) is 2.74. The van der Waals surface area contributed by atoms with Crippen molar-refractivity contribution in [3.05, 3.63) is 29.6 Å². The van der Waals surface area contributed by atoms with Crippen molar-refractivity contribution in [3.63, 3.8) is 0 Å². The van der Waals surface area contributed by atoms with Gasteiger partial charge in [-0.2, -0.15) is 0 Å². The quantitative estimate of drug-likeness (QED) is 0.795. The number of carbonyl (C=O) groups is 2. The highest BCUT2D eigenvalue weighted by Gasteiger charge is 2.32. The smallest absolute Gasteiger partial charge is 0.256 e. The maximum absolute atomic E-state index is 13.3. The zero-order chi connectivity index (χ0) is 14.9. The molecule has 0 radical (unpaired) electrons. The van der Waals surface area contributed by atoms with Crippen molar-refractivity contribution < 1.29 is 14.0 Å². The van der Waals surface area contributed by atoms with Crippen LogP contribution in [0.2, 0.25) is 0 Å². The van der Waals surface area contributed by atoms with Crippen LogP contribution in [0, 0.1) is 11.7 Å². The molecule has 2 unspecified atom stereocenters. The zero-order valence-corrected chi connectivity index (χ0v) is 11.3. The van der Waals surface area contributed by atoms with Crippen LogP contribution < -0.4 is 11.5 Å². The van der Waals surface area contributed by atoms with Crippen molar-refractivity contribution in [2.75, 3.05) is 12.3 Å². The van der Waals surface area contributed by atoms with Gasteiger partial charge in [-0.1, -0.05) is 0 Å². The van der Waals surface area contributed by atoms with Gasteiger partial charge in [0, 0.05) is 18.3 Å². The number of hydrogen-bond acceptors (Lipinski definition) is 3. The first-order chi connectivity index (χ1) is 9.40. The predicted molar refractivity (Wildman–Crippen MR) is 73.2 cm³/mol. The zero-order valence-electron chi connectivity index (χ0n) is 11.3. The number of nitrogens with zero attached hydrogens (tertiary/aromatic N) is 1. The number of amides is 2. The Balaban J connectivity index is 2.26. The predicted octanol–water partition coefficient (Wildman–Crippen LogP) is 1.13. The lowest BCUT2D eigenvalue weighted by Crippen LogP contribution is -2.48. The summed E-state index contributed by atoms with van der Waals surface area (Å²) in [6.07, 6.45) is 1.35. The summed E-state index contributed by atoms with van der Waals surface area (Å²) in [5.41, 5.74) is 11.4. The monoisotopic (exact) mass is 279 g/mol. The second kappa shape index (κ2) is 5.48. The Morgan fingerprint density at radius 1 is 1.35 bits per heavy atom. The van der Waals surface area contributed by atoms with Crippen molar-refractivity contribution in [1.82, 2.24) is 4.90 Å². The van der Waals surface area contributed by atoms with Crippen LogP contribution in [0.5, 0.6) is 0 Å². The maximum Gasteiger partial charge on any atom is 0.256 e. The van der Waals surface area contributed by atoms with Crippen LogP contribution in [0.4, 0.5) is 10.1 Å². The molecule has 4 N–H and O–H groups in total. The highest BCUT2D eigenvalue weighted by atomic mass is 19.1. The molecule has 6 heteroatoms. The highest BCUT2D eigenvalue weighted by Crippen LogP contribution is 2.25. The highest BCUT2D eigenvalue weighted by molar-refractivity contribution is 5.99. The summed E-state index contributed by atoms with van der Waals surface area (Å²) in [5.74, 6) is -1.65. The summed E-state index contributed by atoms with van der Waals surface area (Å²) in [7, 11) is 0. The normalized spacial score (nSPS) is 22.6. The average Bonchev–Trinajstić information content (AvgIpc) is 2.41. The van der Waals surface area contributed by atoms with Crippen molar-refractivity contribution in [3.8, 4) is 0 Å². The number of hydrogen-bond donors (Lipinski definition) is 2. The molecule has 0 bridgehead atoms. The fourth-order valence-electron chi connectivity index (χ4n) is 2.49. The second-order valence-electron chi connectivity index (χ2n) is 5.21. The van der Waals surface area contributed by atoms with Gasteiger partial charge in [0.15, 0.2) is 0 Å². The molecule has 2 rings (SSSR count). The van der Waals surface area contributed by atoms with Crippen LogP contribution in [-0.2, 0) is 4.79 Å². The first-order valence-electron chi connectivity index (χ1n) is 6.55. The standard InChI is InChI=1S/C14H18FN3O2/c1-8-2-3-9(13(17)19)7-18(8)14(20)11-6-10(15)4-5-12(11)16/h4-6,8-9H,2-3,7,16H2,1H3,(H2,17,19). The van der Waals surface area contributed by atoms with Crippen LogP contribution in [0.25, 0.3) is 0 Å². The Labute approximate surface area is 116 Å². The average molecular weight is 279 g/mol. The molecule has 0 aliphatic carbocycles. The number of rotatable bonds is 2. The Morgan fingerprint density at radius 3 is 2.70 bits per heavy atom. The third-order valence-electron chi connectivity index (χ3n) is 3.79. The minimum atomic E-state index is -0.515. The summed E-state index contributed by atoms with van der Waals surface area (Å²) >= 11 is 0. The van der Waals surface area contributed by atoms with Gasteiger partial charge in [0.2, 0.25) is 5.91 Å². The topological polar surface area (TPSA) is 89.4 Å². The third-order valence-corrected chi connectivity index (χ3v) is 3.79. The molecule has 20 heavy (non-hydrogen) atoms. The molecule has 1 aliphatic heterocycles. The van der Waals surface area contributed by atoms with Gasteiger partial charge in [0.25, 0.3) is 5.91 Å². The Kier molecular flexibility index (Phi) is 3.92. The first-order valence-corrected chi connectivity index (χ1v) is 6.55. The van der Waals surface area contributed by atoms with Gasteiger partial charge >= 0.3 is 0 Å². The fourth-order valence-corrected chi connectivity index (χ4v) is 2.49. The number of anilines is 1. The number of benzene rings is 1. The molecule has 0 spiro atoms. The molecule has 108 valence electrons. The number of carbonyl (C=O) groups excluding carboxylic acids is 2. The van der Waals surface area contributed by atoms with Gasteiger partial charge < -0.3 is 16.4 Å². The number of piperidine rings is 1. The molecule has 1 aromatic carbocycles. The van der Waals surface area contributed by atoms with E-state index in [-0.39, 0.29) is 35.7 Å². The van der Waals surface area contributed by atoms with Crippen LogP contribution in [0.3, 0.4) is 0 Å². The summed E-state index contributed by atoms with van der Waals surface area (Å²) in [5, 5.41) is 0. The molecule has 1 fully saturated rings. The molecular formula is C14H18FN3O2. The van der Waals surface area contributed by atoms with Crippen LogP contribution in [0.1, 0.15) is 30.1 Å². The van der Waals surface area contributed by atoms with Crippen molar-refractivity contribution in [1.29, 1.82) is 0 Å². The SMILES string of the molecule is CC1CCC(C(N)=O)CN1C(=O)c1cc(F)ccc1N. The Bertz CT molecular complexity index is 547. The van der Waals surface area contributed by atoms with E-state index in [0.717, 1.165) is 6.07 Å². The van der Waals surface area contributed by atoms with Gasteiger partial charge in [0.05, 0.1) is 11.5 Å². The van der Waals surface area contributed by atoms with E-state index in [0.29, 0.717) is 12.8 Å². The molecule has 1 heterocycles. The lowest BCUT2D eigenvalue weighted by Gasteiger charge is -2.37. The van der Waals surface area contributed by atoms with Crippen LogP contribution >= 0.6 is 0 Å². The van der Waals surface area contributed by atoms with E-state index in [1.807, 2.05) is 6.92 Å². The van der Waals surface area contributed by atoms with Crippen LogP contribution in [0.15, 0.2) is 18.2 Å². The number of halogens is 1. The van der Waals surface area contributed by atoms with Gasteiger partial charge in [-0.05, 0) is 38.0 Å². The Hall–Kier alpha value is -2.11. The second-order valence-corrected chi connectivity index (χ2v) is 5.21. The molecule has 2 atom stereocenters. The van der Waals surface area contributed by atoms with E-state index in [1.54, 1.807) is 4.90 Å². The minimum absolute atomic E-state index is 0.0271. The number of primary amides is 1. The van der Waals surface area contributed by atoms with E-state index >= 15 is 0 Å². The first kappa shape index (κ1) is 14.3. The summed E-state index contributed by atoms with van der Waals surface area (Å²) in [6, 6.07) is 3.67. The molecule has 1 aromatic rings. The molecule has 5 nitrogen and oxygen atoms in total. The fraction of sp³-hybridized carbons (Fsp3) is 0.429. The molecule has 0 saturated carbocycles. The van der Waals surface area contributed by atoms with E-state index in [1.165, 1.54) is 12.1 Å². The molecular weight excluding hydrogens is 261 g/mol. The van der Waals surface area contributed by atoms with Gasteiger partial charge in [-0.15, -0.1) is 0 Å². The number of nitrogen functional groups attached to an aromatic ring is 1. The maximum atomic E-state index is 13.3. The van der Waals surface area contributed by atoms with Crippen molar-refractivity contribution in [2.24, 2.45) is 11.7 Å². The van der Waals surface area contributed by atoms with E-state index in [9.17, 15) is 14.0 Å². The van der Waals surface area contributed by atoms with Gasteiger partial charge in [-0.25, -0.2) is 4.39 Å². The van der Waals surface area contributed by atoms with Gasteiger partial charge in [0.1, 0.15) is 5.82 Å². The minimum Gasteiger partial charge on any atom is -0.398 e. The lowest BCUT2D eigenvalue weighted by molar-refractivity contribution is -0.123. The van der Waals surface area contributed by atoms with Crippen molar-refractivity contribution in [2.45, 2.75) is 25.8 Å².